The number of aromatic nitrogens is 2. The fourth-order valence-electron chi connectivity index (χ4n) is 4.63. The molecule has 3 heterocycles. The van der Waals surface area contributed by atoms with Crippen molar-refractivity contribution in [1.29, 1.82) is 0 Å². The second kappa shape index (κ2) is 10.1. The van der Waals surface area contributed by atoms with E-state index in [4.69, 9.17) is 9.97 Å². The molecule has 8 nitrogen and oxygen atoms in total. The number of hydrogen-bond acceptors (Lipinski definition) is 5. The summed E-state index contributed by atoms with van der Waals surface area (Å²) in [5, 5.41) is 2.58. The summed E-state index contributed by atoms with van der Waals surface area (Å²) in [6.07, 6.45) is 3.64. The van der Waals surface area contributed by atoms with Gasteiger partial charge in [0, 0.05) is 50.2 Å². The third-order valence-corrected chi connectivity index (χ3v) is 6.45. The molecule has 3 amide bonds. The fraction of sp³-hybridized carbons (Fsp3) is 0.480. The number of hydrogen-bond donors (Lipinski definition) is 1. The van der Waals surface area contributed by atoms with Gasteiger partial charge in [-0.25, -0.2) is 9.97 Å². The third kappa shape index (κ3) is 5.38. The van der Waals surface area contributed by atoms with Crippen molar-refractivity contribution in [3.63, 3.8) is 0 Å². The molecule has 2 aliphatic heterocycles. The molecule has 174 valence electrons. The molecule has 4 rings (SSSR count). The van der Waals surface area contributed by atoms with Gasteiger partial charge in [0.2, 0.25) is 17.7 Å². The topological polar surface area (TPSA) is 95.5 Å². The van der Waals surface area contributed by atoms with Crippen LogP contribution in [0.1, 0.15) is 54.7 Å². The van der Waals surface area contributed by atoms with Crippen molar-refractivity contribution in [1.82, 2.24) is 20.2 Å². The Kier molecular flexibility index (Phi) is 7.01. The van der Waals surface area contributed by atoms with Crippen LogP contribution in [-0.4, -0.2) is 58.8 Å². The normalized spacial score (nSPS) is 18.1. The molecule has 0 unspecified atom stereocenters. The largest absolute Gasteiger partial charge is 0.347 e. The summed E-state index contributed by atoms with van der Waals surface area (Å²) in [4.78, 5) is 49.8. The number of amides is 3. The third-order valence-electron chi connectivity index (χ3n) is 6.45. The summed E-state index contributed by atoms with van der Waals surface area (Å²) in [5.74, 6) is 1.22. The van der Waals surface area contributed by atoms with Crippen LogP contribution in [0.3, 0.4) is 0 Å². The number of rotatable bonds is 6. The van der Waals surface area contributed by atoms with Crippen molar-refractivity contribution in [2.75, 3.05) is 31.1 Å². The van der Waals surface area contributed by atoms with Crippen LogP contribution in [0.15, 0.2) is 30.3 Å². The highest BCUT2D eigenvalue weighted by atomic mass is 16.2. The van der Waals surface area contributed by atoms with Crippen molar-refractivity contribution in [3.8, 4) is 0 Å². The van der Waals surface area contributed by atoms with Crippen LogP contribution in [-0.2, 0) is 27.2 Å². The van der Waals surface area contributed by atoms with Crippen LogP contribution in [0.25, 0.3) is 0 Å². The van der Waals surface area contributed by atoms with E-state index in [0.717, 1.165) is 36.3 Å². The molecule has 1 N–H and O–H groups in total. The van der Waals surface area contributed by atoms with Gasteiger partial charge in [0.15, 0.2) is 0 Å². The summed E-state index contributed by atoms with van der Waals surface area (Å²) in [6, 6.07) is 10.1. The van der Waals surface area contributed by atoms with Gasteiger partial charge in [-0.2, -0.15) is 0 Å². The molecule has 0 saturated carbocycles. The fourth-order valence-corrected chi connectivity index (χ4v) is 4.63. The van der Waals surface area contributed by atoms with E-state index in [1.807, 2.05) is 30.0 Å². The molecule has 8 heteroatoms. The number of likely N-dealkylation sites (tertiary alicyclic amines) is 1. The van der Waals surface area contributed by atoms with E-state index in [1.54, 1.807) is 4.90 Å². The van der Waals surface area contributed by atoms with E-state index in [-0.39, 0.29) is 30.2 Å². The minimum atomic E-state index is -0.217. The molecule has 0 radical (unpaired) electrons. The van der Waals surface area contributed by atoms with Gasteiger partial charge in [-0.3, -0.25) is 19.3 Å². The van der Waals surface area contributed by atoms with Gasteiger partial charge < -0.3 is 10.2 Å². The van der Waals surface area contributed by atoms with Crippen molar-refractivity contribution >= 4 is 23.5 Å². The highest BCUT2D eigenvalue weighted by molar-refractivity contribution is 5.95. The highest BCUT2D eigenvalue weighted by Crippen LogP contribution is 2.32. The van der Waals surface area contributed by atoms with E-state index >= 15 is 0 Å². The number of benzene rings is 1. The summed E-state index contributed by atoms with van der Waals surface area (Å²) in [6.45, 7) is 5.17. The Balaban J connectivity index is 1.54. The first-order chi connectivity index (χ1) is 15.9. The molecular weight excluding hydrogens is 418 g/mol. The summed E-state index contributed by atoms with van der Waals surface area (Å²) in [7, 11) is 0. The Morgan fingerprint density at radius 3 is 2.70 bits per heavy atom. The van der Waals surface area contributed by atoms with Crippen LogP contribution in [0.5, 0.6) is 0 Å². The minimum Gasteiger partial charge on any atom is -0.347 e. The predicted octanol–water partition coefficient (Wildman–Crippen LogP) is 2.15. The van der Waals surface area contributed by atoms with Gasteiger partial charge in [0.25, 0.3) is 0 Å². The van der Waals surface area contributed by atoms with Crippen LogP contribution < -0.4 is 10.2 Å². The van der Waals surface area contributed by atoms with Crippen LogP contribution in [0.2, 0.25) is 0 Å². The molecule has 0 bridgehead atoms. The average Bonchev–Trinajstić information content (AvgIpc) is 2.82. The van der Waals surface area contributed by atoms with Crippen molar-refractivity contribution in [3.05, 3.63) is 53.0 Å². The second-order valence-corrected chi connectivity index (χ2v) is 8.84. The number of anilines is 1. The first kappa shape index (κ1) is 22.9. The number of fused-ring (bicyclic) bond motifs is 1. The average molecular weight is 450 g/mol. The van der Waals surface area contributed by atoms with E-state index in [9.17, 15) is 14.4 Å². The Morgan fingerprint density at radius 2 is 1.94 bits per heavy atom. The molecule has 1 aromatic heterocycles. The Hall–Kier alpha value is -3.29. The van der Waals surface area contributed by atoms with Crippen LogP contribution in [0.4, 0.5) is 5.82 Å². The lowest BCUT2D eigenvalue weighted by molar-refractivity contribution is -0.133. The maximum atomic E-state index is 12.8. The lowest BCUT2D eigenvalue weighted by atomic mass is 9.95. The first-order valence-electron chi connectivity index (χ1n) is 11.7. The SMILES string of the molecule is CC(=O)NCC(=O)N1CCC[C@@H](c2nc(C)c3c(n2)N(CCc2ccccc2)C(=O)CC3)C1. The summed E-state index contributed by atoms with van der Waals surface area (Å²) < 4.78 is 0. The molecule has 2 aliphatic rings. The van der Waals surface area contributed by atoms with Crippen molar-refractivity contribution < 1.29 is 14.4 Å². The molecule has 1 saturated heterocycles. The van der Waals surface area contributed by atoms with Gasteiger partial charge in [0.1, 0.15) is 11.6 Å². The Morgan fingerprint density at radius 1 is 1.15 bits per heavy atom. The molecule has 1 aromatic carbocycles. The maximum absolute atomic E-state index is 12.8. The van der Waals surface area contributed by atoms with Gasteiger partial charge >= 0.3 is 0 Å². The summed E-state index contributed by atoms with van der Waals surface area (Å²) >= 11 is 0. The molecule has 0 spiro atoms. The molecule has 1 fully saturated rings. The monoisotopic (exact) mass is 449 g/mol. The molecule has 0 aliphatic carbocycles. The molecule has 33 heavy (non-hydrogen) atoms. The second-order valence-electron chi connectivity index (χ2n) is 8.84. The van der Waals surface area contributed by atoms with E-state index in [1.165, 1.54) is 12.5 Å². The van der Waals surface area contributed by atoms with Gasteiger partial charge in [-0.15, -0.1) is 0 Å². The molecular formula is C25H31N5O3. The van der Waals surface area contributed by atoms with E-state index in [0.29, 0.717) is 38.3 Å². The number of nitrogens with one attached hydrogen (secondary N) is 1. The Labute approximate surface area is 194 Å². The van der Waals surface area contributed by atoms with Crippen LogP contribution >= 0.6 is 0 Å². The number of piperidine rings is 1. The highest BCUT2D eigenvalue weighted by Gasteiger charge is 2.31. The molecule has 1 atom stereocenters. The zero-order valence-corrected chi connectivity index (χ0v) is 19.3. The quantitative estimate of drug-likeness (QED) is 0.729. The van der Waals surface area contributed by atoms with Gasteiger partial charge in [0.05, 0.1) is 6.54 Å². The van der Waals surface area contributed by atoms with Crippen molar-refractivity contribution in [2.24, 2.45) is 0 Å². The lowest BCUT2D eigenvalue weighted by Gasteiger charge is -2.34. The number of nitrogens with zero attached hydrogens (tertiary/aromatic N) is 4. The zero-order valence-electron chi connectivity index (χ0n) is 19.3. The molecule has 2 aromatic rings. The number of carbonyl (C=O) groups is 3. The first-order valence-corrected chi connectivity index (χ1v) is 11.7. The van der Waals surface area contributed by atoms with Crippen LogP contribution in [0, 0.1) is 6.92 Å². The number of carbonyl (C=O) groups excluding carboxylic acids is 3. The number of aryl methyl sites for hydroxylation is 1. The maximum Gasteiger partial charge on any atom is 0.241 e. The van der Waals surface area contributed by atoms with E-state index in [2.05, 4.69) is 17.4 Å². The summed E-state index contributed by atoms with van der Waals surface area (Å²) in [5.41, 5.74) is 3.14. The van der Waals surface area contributed by atoms with Crippen molar-refractivity contribution in [2.45, 2.75) is 51.9 Å². The van der Waals surface area contributed by atoms with Gasteiger partial charge in [-0.1, -0.05) is 30.3 Å². The standard InChI is InChI=1S/C25H31N5O3/c1-17-21-10-11-22(32)30(14-12-19-7-4-3-5-8-19)25(21)28-24(27-17)20-9-6-13-29(16-20)23(33)15-26-18(2)31/h3-5,7-8,20H,6,9-16H2,1-2H3,(H,26,31)/t20-/m1/s1. The van der Waals surface area contributed by atoms with Gasteiger partial charge in [-0.05, 0) is 38.2 Å². The zero-order chi connectivity index (χ0) is 23.4. The minimum absolute atomic E-state index is 0.00783. The van der Waals surface area contributed by atoms with E-state index < -0.39 is 0 Å². The Bertz CT molecular complexity index is 1040. The predicted molar refractivity (Wildman–Crippen MR) is 125 cm³/mol. The smallest absolute Gasteiger partial charge is 0.241 e. The lowest BCUT2D eigenvalue weighted by Crippen LogP contribution is -2.44.